The number of ether oxygens (including phenoxy) is 1. The van der Waals surface area contributed by atoms with Crippen LogP contribution in [0.1, 0.15) is 16.7 Å². The topological polar surface area (TPSA) is 69.6 Å². The van der Waals surface area contributed by atoms with Crippen LogP contribution < -0.4 is 10.3 Å². The molecule has 0 aliphatic carbocycles. The molecule has 0 N–H and O–H groups in total. The summed E-state index contributed by atoms with van der Waals surface area (Å²) in [7, 11) is 0. The first kappa shape index (κ1) is 23.7. The summed E-state index contributed by atoms with van der Waals surface area (Å²) in [5, 5.41) is 6.42. The number of nitrogens with zero attached hydrogens (tertiary/aromatic N) is 3. The van der Waals surface area contributed by atoms with E-state index in [1.54, 1.807) is 42.6 Å². The molecule has 6 aromatic rings. The summed E-state index contributed by atoms with van der Waals surface area (Å²) in [6.45, 7) is 2.46. The quantitative estimate of drug-likeness (QED) is 0.218. The first-order valence-corrected chi connectivity index (χ1v) is 12.5. The fourth-order valence-electron chi connectivity index (χ4n) is 4.32. The van der Waals surface area contributed by atoms with Gasteiger partial charge in [0.05, 0.1) is 17.1 Å². The number of aromatic nitrogens is 2. The molecule has 0 aliphatic rings. The van der Waals surface area contributed by atoms with Gasteiger partial charge in [-0.05, 0) is 61.0 Å². The molecular formula is C31H22ClN3O3. The fraction of sp³-hybridized carbons (Fsp3) is 0.0645. The summed E-state index contributed by atoms with van der Waals surface area (Å²) in [5.74, 6) is 1.35. The van der Waals surface area contributed by atoms with Crippen molar-refractivity contribution in [2.75, 3.05) is 0 Å². The van der Waals surface area contributed by atoms with E-state index >= 15 is 0 Å². The van der Waals surface area contributed by atoms with Crippen LogP contribution in [0.3, 0.4) is 0 Å². The van der Waals surface area contributed by atoms with Gasteiger partial charge in [0, 0.05) is 16.0 Å². The second-order valence-electron chi connectivity index (χ2n) is 8.92. The molecule has 38 heavy (non-hydrogen) atoms. The lowest BCUT2D eigenvalue weighted by Crippen LogP contribution is -2.20. The summed E-state index contributed by atoms with van der Waals surface area (Å²) in [6, 6.07) is 30.1. The van der Waals surface area contributed by atoms with Gasteiger partial charge in [-0.2, -0.15) is 9.78 Å². The number of furan rings is 1. The lowest BCUT2D eigenvalue weighted by Gasteiger charge is -2.10. The lowest BCUT2D eigenvalue weighted by atomic mass is 10.1. The zero-order chi connectivity index (χ0) is 26.1. The van der Waals surface area contributed by atoms with Crippen molar-refractivity contribution in [2.24, 2.45) is 5.10 Å². The summed E-state index contributed by atoms with van der Waals surface area (Å²) in [5.41, 5.74) is 3.85. The Morgan fingerprint density at radius 3 is 2.71 bits per heavy atom. The molecule has 4 aromatic carbocycles. The van der Waals surface area contributed by atoms with Crippen molar-refractivity contribution in [3.63, 3.8) is 0 Å². The number of rotatable bonds is 6. The van der Waals surface area contributed by atoms with Crippen molar-refractivity contribution in [1.29, 1.82) is 0 Å². The maximum absolute atomic E-state index is 13.6. The van der Waals surface area contributed by atoms with E-state index in [2.05, 4.69) is 11.2 Å². The van der Waals surface area contributed by atoms with Gasteiger partial charge < -0.3 is 9.15 Å². The Bertz CT molecular complexity index is 1890. The second-order valence-corrected chi connectivity index (χ2v) is 9.36. The summed E-state index contributed by atoms with van der Waals surface area (Å²) in [4.78, 5) is 18.3. The third kappa shape index (κ3) is 4.69. The van der Waals surface area contributed by atoms with E-state index in [4.69, 9.17) is 25.7 Å². The second kappa shape index (κ2) is 10.00. The molecule has 2 aromatic heterocycles. The smallest absolute Gasteiger partial charge is 0.282 e. The summed E-state index contributed by atoms with van der Waals surface area (Å²) < 4.78 is 13.4. The molecule has 0 radical (unpaired) electrons. The van der Waals surface area contributed by atoms with Gasteiger partial charge in [-0.1, -0.05) is 65.7 Å². The SMILES string of the molecule is Cc1cccc(COc2ccccc2C=Nn2c(-c3cc4cc(Cl)ccc4o3)nc3ccccc3c2=O)c1. The molecule has 186 valence electrons. The molecule has 0 saturated carbocycles. The van der Waals surface area contributed by atoms with Gasteiger partial charge in [0.2, 0.25) is 5.82 Å². The number of halogens is 1. The van der Waals surface area contributed by atoms with Gasteiger partial charge in [-0.25, -0.2) is 4.98 Å². The highest BCUT2D eigenvalue weighted by molar-refractivity contribution is 6.31. The van der Waals surface area contributed by atoms with Crippen LogP contribution in [0.25, 0.3) is 33.5 Å². The van der Waals surface area contributed by atoms with Crippen LogP contribution in [0.15, 0.2) is 111 Å². The van der Waals surface area contributed by atoms with E-state index in [-0.39, 0.29) is 11.4 Å². The lowest BCUT2D eigenvalue weighted by molar-refractivity contribution is 0.305. The molecule has 0 saturated heterocycles. The van der Waals surface area contributed by atoms with Gasteiger partial charge in [0.15, 0.2) is 5.76 Å². The average molecular weight is 520 g/mol. The van der Waals surface area contributed by atoms with Gasteiger partial charge >= 0.3 is 0 Å². The first-order valence-electron chi connectivity index (χ1n) is 12.1. The first-order chi connectivity index (χ1) is 18.5. The maximum atomic E-state index is 13.6. The van der Waals surface area contributed by atoms with Crippen molar-refractivity contribution in [1.82, 2.24) is 9.66 Å². The highest BCUT2D eigenvalue weighted by atomic mass is 35.5. The van der Waals surface area contributed by atoms with Gasteiger partial charge in [-0.15, -0.1) is 0 Å². The normalized spacial score (nSPS) is 11.5. The standard InChI is InChI=1S/C31H22ClN3O3/c1-20-7-6-8-21(15-20)19-37-27-12-5-2-9-22(27)18-33-35-30(34-26-11-4-3-10-25(26)31(35)36)29-17-23-16-24(32)13-14-28(23)38-29/h2-18H,19H2,1H3. The molecule has 0 atom stereocenters. The summed E-state index contributed by atoms with van der Waals surface area (Å²) >= 11 is 6.17. The highest BCUT2D eigenvalue weighted by Crippen LogP contribution is 2.29. The Labute approximate surface area is 223 Å². The van der Waals surface area contributed by atoms with Crippen molar-refractivity contribution in [2.45, 2.75) is 13.5 Å². The molecule has 6 rings (SSSR count). The Morgan fingerprint density at radius 2 is 1.82 bits per heavy atom. The third-order valence-electron chi connectivity index (χ3n) is 6.16. The zero-order valence-corrected chi connectivity index (χ0v) is 21.2. The number of fused-ring (bicyclic) bond motifs is 2. The van der Waals surface area contributed by atoms with E-state index in [9.17, 15) is 4.79 Å². The van der Waals surface area contributed by atoms with E-state index in [0.29, 0.717) is 39.6 Å². The van der Waals surface area contributed by atoms with E-state index in [1.807, 2.05) is 61.5 Å². The van der Waals surface area contributed by atoms with Crippen LogP contribution in [0.5, 0.6) is 5.75 Å². The van der Waals surface area contributed by atoms with Crippen LogP contribution in [-0.4, -0.2) is 15.9 Å². The molecule has 0 unspecified atom stereocenters. The number of hydrogen-bond acceptors (Lipinski definition) is 5. The molecule has 0 bridgehead atoms. The largest absolute Gasteiger partial charge is 0.488 e. The van der Waals surface area contributed by atoms with Gasteiger partial charge in [-0.3, -0.25) is 4.79 Å². The van der Waals surface area contributed by atoms with Crippen LogP contribution in [-0.2, 0) is 6.61 Å². The molecule has 7 heteroatoms. The summed E-state index contributed by atoms with van der Waals surface area (Å²) in [6.07, 6.45) is 1.60. The Kier molecular flexibility index (Phi) is 6.23. The molecular weight excluding hydrogens is 498 g/mol. The Morgan fingerprint density at radius 1 is 0.974 bits per heavy atom. The van der Waals surface area contributed by atoms with Crippen LogP contribution in [0, 0.1) is 6.92 Å². The number of hydrogen-bond donors (Lipinski definition) is 0. The molecule has 6 nitrogen and oxygen atoms in total. The van der Waals surface area contributed by atoms with E-state index in [1.165, 1.54) is 10.2 Å². The van der Waals surface area contributed by atoms with Crippen LogP contribution in [0.4, 0.5) is 0 Å². The van der Waals surface area contributed by atoms with Crippen molar-refractivity contribution < 1.29 is 9.15 Å². The Balaban J connectivity index is 1.42. The maximum Gasteiger partial charge on any atom is 0.282 e. The van der Waals surface area contributed by atoms with Crippen molar-refractivity contribution in [3.05, 3.63) is 129 Å². The fourth-order valence-corrected chi connectivity index (χ4v) is 4.50. The predicted octanol–water partition coefficient (Wildman–Crippen LogP) is 7.23. The highest BCUT2D eigenvalue weighted by Gasteiger charge is 2.17. The monoisotopic (exact) mass is 519 g/mol. The zero-order valence-electron chi connectivity index (χ0n) is 20.5. The van der Waals surface area contributed by atoms with Crippen LogP contribution >= 0.6 is 11.6 Å². The van der Waals surface area contributed by atoms with Crippen molar-refractivity contribution >= 4 is 39.7 Å². The molecule has 2 heterocycles. The van der Waals surface area contributed by atoms with E-state index < -0.39 is 0 Å². The molecule has 0 spiro atoms. The average Bonchev–Trinajstić information content (AvgIpc) is 3.35. The van der Waals surface area contributed by atoms with Crippen LogP contribution in [0.2, 0.25) is 5.02 Å². The predicted molar refractivity (Wildman–Crippen MR) is 151 cm³/mol. The number of aryl methyl sites for hydroxylation is 1. The Hall–Kier alpha value is -4.68. The minimum absolute atomic E-state index is 0.287. The number of para-hydroxylation sites is 2. The molecule has 0 aliphatic heterocycles. The molecule has 0 fully saturated rings. The van der Waals surface area contributed by atoms with Gasteiger partial charge in [0.25, 0.3) is 5.56 Å². The molecule has 0 amide bonds. The number of benzene rings is 4. The van der Waals surface area contributed by atoms with Crippen molar-refractivity contribution in [3.8, 4) is 17.3 Å². The third-order valence-corrected chi connectivity index (χ3v) is 6.40. The van der Waals surface area contributed by atoms with Gasteiger partial charge in [0.1, 0.15) is 17.9 Å². The van der Waals surface area contributed by atoms with E-state index in [0.717, 1.165) is 16.5 Å². The minimum Gasteiger partial charge on any atom is -0.488 e. The minimum atomic E-state index is -0.307.